The number of rotatable bonds is 19. The summed E-state index contributed by atoms with van der Waals surface area (Å²) in [4.78, 5) is 28.0. The first-order valence-corrected chi connectivity index (χ1v) is 28.0. The Morgan fingerprint density at radius 3 is 2.00 bits per heavy atom. The first-order chi connectivity index (χ1) is 25.8. The van der Waals surface area contributed by atoms with Crippen LogP contribution in [0.1, 0.15) is 146 Å². The topological polar surface area (TPSA) is 74.4 Å². The first-order valence-electron chi connectivity index (χ1n) is 22.9. The normalized spacial score (nSPS) is 38.1. The summed E-state index contributed by atoms with van der Waals surface area (Å²) < 4.78 is 27.6. The van der Waals surface area contributed by atoms with Crippen LogP contribution in [-0.2, 0) is 27.9 Å². The van der Waals surface area contributed by atoms with Crippen molar-refractivity contribution in [2.24, 2.45) is 40.4 Å². The molecule has 0 radical (unpaired) electrons. The SMILES string of the molecule is CCC[Si](CCC)(CCC)OCC1=C(C)C[C@H]([C@@H](C)[C@H]2CC[C@H]3[C@@H]4C[C@H]5O[C@]56[C@@H](O[Si](CCC)(CCC)CCC)C=CC(=O)[C@]6(C)[C@H]4CC[C@]23C)OC1=O. The van der Waals surface area contributed by atoms with Gasteiger partial charge in [-0.05, 0) is 123 Å². The molecule has 4 fully saturated rings. The van der Waals surface area contributed by atoms with Gasteiger partial charge in [-0.2, -0.15) is 0 Å². The zero-order valence-corrected chi connectivity index (χ0v) is 38.2. The van der Waals surface area contributed by atoms with E-state index in [1.807, 2.05) is 6.08 Å². The number of esters is 1. The number of carbonyl (C=O) groups excluding carboxylic acids is 2. The molecule has 0 unspecified atom stereocenters. The van der Waals surface area contributed by atoms with Gasteiger partial charge in [0, 0.05) is 6.42 Å². The molecule has 0 amide bonds. The quantitative estimate of drug-likeness (QED) is 0.0738. The van der Waals surface area contributed by atoms with Gasteiger partial charge in [0.2, 0.25) is 0 Å². The zero-order valence-electron chi connectivity index (χ0n) is 36.2. The minimum atomic E-state index is -1.98. The first kappa shape index (κ1) is 42.5. The van der Waals surface area contributed by atoms with Crippen LogP contribution < -0.4 is 0 Å². The third kappa shape index (κ3) is 7.08. The summed E-state index contributed by atoms with van der Waals surface area (Å²) in [5.41, 5.74) is 1.08. The van der Waals surface area contributed by atoms with Crippen molar-refractivity contribution in [2.45, 2.75) is 206 Å². The zero-order chi connectivity index (χ0) is 39.1. The second kappa shape index (κ2) is 16.7. The van der Waals surface area contributed by atoms with Crippen LogP contribution in [0.2, 0.25) is 36.3 Å². The van der Waals surface area contributed by atoms with Crippen molar-refractivity contribution in [1.82, 2.24) is 0 Å². The second-order valence-corrected chi connectivity index (χ2v) is 27.9. The van der Waals surface area contributed by atoms with Gasteiger partial charge in [0.25, 0.3) is 0 Å². The highest BCUT2D eigenvalue weighted by Gasteiger charge is 2.81. The fraction of sp³-hybridized carbons (Fsp3) is 0.870. The summed E-state index contributed by atoms with van der Waals surface area (Å²) in [7, 11) is -3.85. The van der Waals surface area contributed by atoms with Crippen LogP contribution in [0.5, 0.6) is 0 Å². The fourth-order valence-electron chi connectivity index (χ4n) is 14.1. The minimum Gasteiger partial charge on any atom is -0.458 e. The number of allylic oxidation sites excluding steroid dienone is 1. The molecule has 306 valence electrons. The summed E-state index contributed by atoms with van der Waals surface area (Å²) in [5, 5.41) is 0. The average Bonchev–Trinajstić information content (AvgIpc) is 3.75. The Balaban J connectivity index is 1.17. The molecule has 0 aromatic carbocycles. The summed E-state index contributed by atoms with van der Waals surface area (Å²) in [5.74, 6) is 2.26. The number of hydrogen-bond donors (Lipinski definition) is 0. The molecule has 6 nitrogen and oxygen atoms in total. The van der Waals surface area contributed by atoms with Gasteiger partial charge in [-0.25, -0.2) is 4.79 Å². The van der Waals surface area contributed by atoms with Crippen LogP contribution in [-0.4, -0.2) is 58.9 Å². The van der Waals surface area contributed by atoms with E-state index in [-0.39, 0.29) is 41.4 Å². The number of ketones is 1. The Kier molecular flexibility index (Phi) is 13.1. The van der Waals surface area contributed by atoms with Gasteiger partial charge >= 0.3 is 5.97 Å². The lowest BCUT2D eigenvalue weighted by Gasteiger charge is -2.59. The number of ether oxygens (including phenoxy) is 2. The Hall–Kier alpha value is -1.07. The van der Waals surface area contributed by atoms with Crippen molar-refractivity contribution < 1.29 is 27.9 Å². The van der Waals surface area contributed by atoms with Crippen molar-refractivity contribution in [3.63, 3.8) is 0 Å². The Morgan fingerprint density at radius 1 is 0.833 bits per heavy atom. The highest BCUT2D eigenvalue weighted by atomic mass is 28.4. The number of cyclic esters (lactones) is 1. The third-order valence-corrected chi connectivity index (χ3v) is 26.5. The summed E-state index contributed by atoms with van der Waals surface area (Å²) in [6.45, 7) is 23.5. The molecule has 1 saturated heterocycles. The van der Waals surface area contributed by atoms with Gasteiger partial charge in [-0.1, -0.05) is 106 Å². The molecular formula is C46H78O6Si2. The molecule has 4 aliphatic carbocycles. The molecule has 0 aromatic heterocycles. The van der Waals surface area contributed by atoms with Crippen molar-refractivity contribution in [2.75, 3.05) is 6.61 Å². The summed E-state index contributed by atoms with van der Waals surface area (Å²) in [6.07, 6.45) is 17.2. The van der Waals surface area contributed by atoms with Crippen LogP contribution in [0.25, 0.3) is 0 Å². The molecule has 0 aromatic rings. The van der Waals surface area contributed by atoms with Gasteiger partial charge < -0.3 is 18.3 Å². The smallest absolute Gasteiger partial charge is 0.336 e. The van der Waals surface area contributed by atoms with E-state index in [9.17, 15) is 9.59 Å². The lowest BCUT2D eigenvalue weighted by Crippen LogP contribution is -2.65. The standard InChI is InChI=1S/C46H78O6Si2/c1-11-23-53(24-12-2,25-13-3)49-31-35-32(7)29-39(50-43(35)48)33(8)36-17-18-37-34-30-42-46(51-42)41(52-54(26-14-4,27-15-5)28-16-6)20-19-40(47)45(46,10)38(34)21-22-44(36,37)9/h19-20,33-34,36-39,41-42H,11-18,21-31H2,1-10H3/t33-,34-,36+,37-,38-,39+,41-,42+,44+,45-,46+/m0/s1. The molecule has 2 aliphatic heterocycles. The van der Waals surface area contributed by atoms with Gasteiger partial charge in [0.05, 0.1) is 29.8 Å². The highest BCUT2D eigenvalue weighted by Crippen LogP contribution is 2.73. The van der Waals surface area contributed by atoms with E-state index in [1.165, 1.54) is 54.7 Å². The van der Waals surface area contributed by atoms with E-state index in [0.29, 0.717) is 30.3 Å². The fourth-order valence-corrected chi connectivity index (χ4v) is 23.1. The molecule has 8 heteroatoms. The highest BCUT2D eigenvalue weighted by molar-refractivity contribution is 6.74. The van der Waals surface area contributed by atoms with Crippen LogP contribution in [0.3, 0.4) is 0 Å². The Labute approximate surface area is 332 Å². The predicted molar refractivity (Wildman–Crippen MR) is 224 cm³/mol. The van der Waals surface area contributed by atoms with Gasteiger partial charge in [-0.3, -0.25) is 4.79 Å². The molecule has 2 heterocycles. The van der Waals surface area contributed by atoms with Crippen molar-refractivity contribution in [3.05, 3.63) is 23.3 Å². The summed E-state index contributed by atoms with van der Waals surface area (Å²) >= 11 is 0. The van der Waals surface area contributed by atoms with Gasteiger partial charge in [0.15, 0.2) is 22.4 Å². The van der Waals surface area contributed by atoms with Crippen molar-refractivity contribution in [3.8, 4) is 0 Å². The van der Waals surface area contributed by atoms with Crippen molar-refractivity contribution >= 4 is 28.4 Å². The molecule has 6 rings (SSSR count). The third-order valence-electron chi connectivity index (χ3n) is 16.5. The molecule has 6 aliphatic rings. The van der Waals surface area contributed by atoms with Gasteiger partial charge in [-0.15, -0.1) is 0 Å². The molecule has 0 N–H and O–H groups in total. The Bertz CT molecular complexity index is 1390. The van der Waals surface area contributed by atoms with E-state index in [2.05, 4.69) is 75.3 Å². The maximum atomic E-state index is 14.3. The van der Waals surface area contributed by atoms with E-state index >= 15 is 0 Å². The maximum absolute atomic E-state index is 14.3. The second-order valence-electron chi connectivity index (χ2n) is 19.6. The van der Waals surface area contributed by atoms with Crippen LogP contribution in [0.4, 0.5) is 0 Å². The lowest BCUT2D eigenvalue weighted by atomic mass is 9.44. The Morgan fingerprint density at radius 2 is 1.43 bits per heavy atom. The van der Waals surface area contributed by atoms with E-state index < -0.39 is 27.7 Å². The number of hydrogen-bond acceptors (Lipinski definition) is 6. The van der Waals surface area contributed by atoms with E-state index in [1.54, 1.807) is 0 Å². The predicted octanol–water partition coefficient (Wildman–Crippen LogP) is 11.8. The number of fused-ring (bicyclic) bond motifs is 4. The molecule has 11 atom stereocenters. The van der Waals surface area contributed by atoms with Crippen LogP contribution in [0, 0.1) is 40.4 Å². The largest absolute Gasteiger partial charge is 0.458 e. The lowest BCUT2D eigenvalue weighted by molar-refractivity contribution is -0.155. The molecular weight excluding hydrogens is 705 g/mol. The number of carbonyl (C=O) groups is 2. The van der Waals surface area contributed by atoms with E-state index in [4.69, 9.17) is 18.3 Å². The minimum absolute atomic E-state index is 0.0893. The molecule has 3 saturated carbocycles. The van der Waals surface area contributed by atoms with Crippen LogP contribution >= 0.6 is 0 Å². The molecule has 1 spiro atoms. The number of epoxide rings is 1. The van der Waals surface area contributed by atoms with Crippen molar-refractivity contribution in [1.29, 1.82) is 0 Å². The maximum Gasteiger partial charge on any atom is 0.336 e. The monoisotopic (exact) mass is 783 g/mol. The average molecular weight is 783 g/mol. The molecule has 54 heavy (non-hydrogen) atoms. The van der Waals surface area contributed by atoms with Crippen LogP contribution in [0.15, 0.2) is 23.3 Å². The summed E-state index contributed by atoms with van der Waals surface area (Å²) in [6, 6.07) is 7.09. The van der Waals surface area contributed by atoms with Gasteiger partial charge in [0.1, 0.15) is 11.7 Å². The molecule has 0 bridgehead atoms. The van der Waals surface area contributed by atoms with E-state index in [0.717, 1.165) is 69.8 Å².